The van der Waals surface area contributed by atoms with E-state index in [9.17, 15) is 0 Å². The Morgan fingerprint density at radius 1 is 1.55 bits per heavy atom. The fourth-order valence-electron chi connectivity index (χ4n) is 1.15. The number of imidazole rings is 1. The van der Waals surface area contributed by atoms with Gasteiger partial charge in [0.05, 0.1) is 5.69 Å². The fourth-order valence-corrected chi connectivity index (χ4v) is 1.15. The highest BCUT2D eigenvalue weighted by molar-refractivity contribution is 5.02. The predicted octanol–water partition coefficient (Wildman–Crippen LogP) is 1.93. The second-order valence-corrected chi connectivity index (χ2v) is 3.49. The molecular formula is C9H16N2. The van der Waals surface area contributed by atoms with Crippen molar-refractivity contribution >= 4 is 0 Å². The molecule has 11 heavy (non-hydrogen) atoms. The van der Waals surface area contributed by atoms with Crippen molar-refractivity contribution in [2.45, 2.75) is 27.2 Å². The molecule has 0 aromatic carbocycles. The van der Waals surface area contributed by atoms with Crippen molar-refractivity contribution < 1.29 is 0 Å². The van der Waals surface area contributed by atoms with Gasteiger partial charge in [-0.05, 0) is 19.3 Å². The third-order valence-electron chi connectivity index (χ3n) is 1.78. The first-order valence-electron chi connectivity index (χ1n) is 4.08. The summed E-state index contributed by atoms with van der Waals surface area (Å²) in [6.07, 6.45) is 3.19. The zero-order valence-corrected chi connectivity index (χ0v) is 7.76. The zero-order chi connectivity index (χ0) is 8.43. The highest BCUT2D eigenvalue weighted by Gasteiger charge is 2.02. The van der Waals surface area contributed by atoms with Crippen molar-refractivity contribution in [1.82, 2.24) is 9.55 Å². The molecule has 1 aromatic rings. The third kappa shape index (κ3) is 2.07. The van der Waals surface area contributed by atoms with Gasteiger partial charge >= 0.3 is 0 Å². The summed E-state index contributed by atoms with van der Waals surface area (Å²) in [5.74, 6) is 1.80. The van der Waals surface area contributed by atoms with Crippen LogP contribution in [0.2, 0.25) is 0 Å². The van der Waals surface area contributed by atoms with Crippen LogP contribution in [0.4, 0.5) is 0 Å². The molecule has 0 radical (unpaired) electrons. The lowest BCUT2D eigenvalue weighted by molar-refractivity contribution is 0.636. The Kier molecular flexibility index (Phi) is 2.32. The first-order valence-corrected chi connectivity index (χ1v) is 4.08. The van der Waals surface area contributed by atoms with Crippen LogP contribution >= 0.6 is 0 Å². The Labute approximate surface area is 68.3 Å². The molecule has 62 valence electrons. The van der Waals surface area contributed by atoms with Gasteiger partial charge in [0.2, 0.25) is 0 Å². The van der Waals surface area contributed by atoms with E-state index in [1.54, 1.807) is 0 Å². The summed E-state index contributed by atoms with van der Waals surface area (Å²) in [5, 5.41) is 0. The molecule has 0 aliphatic carbocycles. The average Bonchev–Trinajstić information content (AvgIpc) is 2.10. The van der Waals surface area contributed by atoms with Crippen LogP contribution in [0.1, 0.15) is 25.4 Å². The van der Waals surface area contributed by atoms with Crippen LogP contribution in [0.25, 0.3) is 0 Å². The Morgan fingerprint density at radius 2 is 2.18 bits per heavy atom. The van der Waals surface area contributed by atoms with Crippen LogP contribution in [0, 0.1) is 12.8 Å². The summed E-state index contributed by atoms with van der Waals surface area (Å²) >= 11 is 0. The topological polar surface area (TPSA) is 17.8 Å². The van der Waals surface area contributed by atoms with E-state index in [2.05, 4.69) is 29.6 Å². The molecule has 0 aliphatic rings. The molecule has 1 aromatic heterocycles. The van der Waals surface area contributed by atoms with Gasteiger partial charge in [0.1, 0.15) is 5.82 Å². The van der Waals surface area contributed by atoms with Gasteiger partial charge in [-0.25, -0.2) is 4.98 Å². The first-order chi connectivity index (χ1) is 5.09. The summed E-state index contributed by atoms with van der Waals surface area (Å²) in [4.78, 5) is 4.41. The molecular weight excluding hydrogens is 136 g/mol. The second kappa shape index (κ2) is 3.07. The molecule has 1 heterocycles. The second-order valence-electron chi connectivity index (χ2n) is 3.49. The SMILES string of the molecule is Cc1nc(CC(C)C)cn1C. The number of hydrogen-bond donors (Lipinski definition) is 0. The van der Waals surface area contributed by atoms with Gasteiger partial charge in [-0.15, -0.1) is 0 Å². The van der Waals surface area contributed by atoms with Crippen molar-refractivity contribution in [2.75, 3.05) is 0 Å². The lowest BCUT2D eigenvalue weighted by atomic mass is 10.1. The molecule has 1 rings (SSSR count). The number of nitrogens with zero attached hydrogens (tertiary/aromatic N) is 2. The highest BCUT2D eigenvalue weighted by Crippen LogP contribution is 2.06. The molecule has 0 unspecified atom stereocenters. The van der Waals surface area contributed by atoms with E-state index in [1.165, 1.54) is 5.69 Å². The molecule has 2 heteroatoms. The Bertz CT molecular complexity index is 216. The molecule has 0 spiro atoms. The normalized spacial score (nSPS) is 11.0. The molecule has 0 N–H and O–H groups in total. The van der Waals surface area contributed by atoms with Crippen LogP contribution in [-0.4, -0.2) is 9.55 Å². The van der Waals surface area contributed by atoms with Gasteiger partial charge in [0, 0.05) is 13.2 Å². The quantitative estimate of drug-likeness (QED) is 0.633. The van der Waals surface area contributed by atoms with Crippen molar-refractivity contribution in [3.8, 4) is 0 Å². The van der Waals surface area contributed by atoms with Gasteiger partial charge in [0.15, 0.2) is 0 Å². The number of hydrogen-bond acceptors (Lipinski definition) is 1. The maximum atomic E-state index is 4.41. The highest BCUT2D eigenvalue weighted by atomic mass is 15.0. The molecule has 0 atom stereocenters. The Morgan fingerprint density at radius 3 is 2.55 bits per heavy atom. The Balaban J connectivity index is 2.73. The van der Waals surface area contributed by atoms with Gasteiger partial charge in [-0.2, -0.15) is 0 Å². The van der Waals surface area contributed by atoms with Crippen LogP contribution in [0.5, 0.6) is 0 Å². The molecule has 0 saturated heterocycles. The largest absolute Gasteiger partial charge is 0.338 e. The number of aryl methyl sites for hydroxylation is 2. The average molecular weight is 152 g/mol. The van der Waals surface area contributed by atoms with Crippen LogP contribution in [0.15, 0.2) is 6.20 Å². The third-order valence-corrected chi connectivity index (χ3v) is 1.78. The van der Waals surface area contributed by atoms with E-state index in [0.29, 0.717) is 5.92 Å². The van der Waals surface area contributed by atoms with Crippen molar-refractivity contribution in [2.24, 2.45) is 13.0 Å². The van der Waals surface area contributed by atoms with Crippen molar-refractivity contribution in [3.63, 3.8) is 0 Å². The summed E-state index contributed by atoms with van der Waals surface area (Å²) in [7, 11) is 2.03. The van der Waals surface area contributed by atoms with Gasteiger partial charge in [-0.3, -0.25) is 0 Å². The minimum atomic E-state index is 0.698. The summed E-state index contributed by atoms with van der Waals surface area (Å²) < 4.78 is 2.07. The lowest BCUT2D eigenvalue weighted by Gasteiger charge is -1.98. The van der Waals surface area contributed by atoms with E-state index < -0.39 is 0 Å². The molecule has 0 aliphatic heterocycles. The molecule has 0 bridgehead atoms. The van der Waals surface area contributed by atoms with Crippen molar-refractivity contribution in [3.05, 3.63) is 17.7 Å². The van der Waals surface area contributed by atoms with Crippen LogP contribution in [0.3, 0.4) is 0 Å². The smallest absolute Gasteiger partial charge is 0.105 e. The summed E-state index contributed by atoms with van der Waals surface area (Å²) in [6.45, 7) is 6.46. The molecule has 0 saturated carbocycles. The van der Waals surface area contributed by atoms with Crippen LogP contribution < -0.4 is 0 Å². The molecule has 2 nitrogen and oxygen atoms in total. The van der Waals surface area contributed by atoms with Crippen molar-refractivity contribution in [1.29, 1.82) is 0 Å². The van der Waals surface area contributed by atoms with E-state index in [4.69, 9.17) is 0 Å². The van der Waals surface area contributed by atoms with E-state index in [-0.39, 0.29) is 0 Å². The molecule has 0 amide bonds. The first kappa shape index (κ1) is 8.31. The summed E-state index contributed by atoms with van der Waals surface area (Å²) in [6, 6.07) is 0. The van der Waals surface area contributed by atoms with Crippen LogP contribution in [-0.2, 0) is 13.5 Å². The van der Waals surface area contributed by atoms with E-state index >= 15 is 0 Å². The number of rotatable bonds is 2. The monoisotopic (exact) mass is 152 g/mol. The van der Waals surface area contributed by atoms with E-state index in [1.807, 2.05) is 14.0 Å². The minimum absolute atomic E-state index is 0.698. The lowest BCUT2D eigenvalue weighted by Crippen LogP contribution is -1.93. The van der Waals surface area contributed by atoms with Gasteiger partial charge in [0.25, 0.3) is 0 Å². The standard InChI is InChI=1S/C9H16N2/c1-7(2)5-9-6-11(4)8(3)10-9/h6-7H,5H2,1-4H3. The van der Waals surface area contributed by atoms with E-state index in [0.717, 1.165) is 12.2 Å². The number of aromatic nitrogens is 2. The van der Waals surface area contributed by atoms with Gasteiger partial charge < -0.3 is 4.57 Å². The molecule has 0 fully saturated rings. The predicted molar refractivity (Wildman–Crippen MR) is 46.5 cm³/mol. The zero-order valence-electron chi connectivity index (χ0n) is 7.76. The maximum absolute atomic E-state index is 4.41. The minimum Gasteiger partial charge on any atom is -0.338 e. The summed E-state index contributed by atoms with van der Waals surface area (Å²) in [5.41, 5.74) is 1.21. The maximum Gasteiger partial charge on any atom is 0.105 e. The van der Waals surface area contributed by atoms with Gasteiger partial charge in [-0.1, -0.05) is 13.8 Å². The Hall–Kier alpha value is -0.790. The fraction of sp³-hybridized carbons (Fsp3) is 0.667.